The van der Waals surface area contributed by atoms with Gasteiger partial charge < -0.3 is 31.9 Å². The lowest BCUT2D eigenvalue weighted by atomic mass is 9.83. The third-order valence-corrected chi connectivity index (χ3v) is 9.18. The number of nitrogens with one attached hydrogen (secondary N) is 3. The fourth-order valence-electron chi connectivity index (χ4n) is 6.47. The van der Waals surface area contributed by atoms with E-state index in [0.717, 1.165) is 70.6 Å². The lowest BCUT2D eigenvalue weighted by molar-refractivity contribution is -0.128. The summed E-state index contributed by atoms with van der Waals surface area (Å²) in [6, 6.07) is -0.979. The molecule has 252 valence electrons. The zero-order valence-corrected chi connectivity index (χ0v) is 27.8. The summed E-state index contributed by atoms with van der Waals surface area (Å²) in [5.41, 5.74) is 6.27. The van der Waals surface area contributed by atoms with Gasteiger partial charge in [-0.1, -0.05) is 84.5 Å². The summed E-state index contributed by atoms with van der Waals surface area (Å²) < 4.78 is 0. The van der Waals surface area contributed by atoms with Gasteiger partial charge in [-0.05, 0) is 49.9 Å². The summed E-state index contributed by atoms with van der Waals surface area (Å²) in [6.07, 6.45) is 14.7. The molecule has 3 amide bonds. The summed E-state index contributed by atoms with van der Waals surface area (Å²) >= 11 is 0. The first-order valence-corrected chi connectivity index (χ1v) is 17.1. The molecule has 7 N–H and O–H groups in total. The number of hydrogen-bond donors (Lipinski definition) is 6. The fourth-order valence-corrected chi connectivity index (χ4v) is 6.47. The van der Waals surface area contributed by atoms with E-state index in [-0.39, 0.29) is 43.0 Å². The van der Waals surface area contributed by atoms with Crippen molar-refractivity contribution in [2.75, 3.05) is 13.1 Å². The maximum Gasteiger partial charge on any atom is 0.222 e. The Morgan fingerprint density at radius 1 is 0.721 bits per heavy atom. The van der Waals surface area contributed by atoms with Crippen LogP contribution in [-0.4, -0.2) is 65.3 Å². The van der Waals surface area contributed by atoms with Crippen LogP contribution < -0.4 is 21.7 Å². The number of hydrogen-bond acceptors (Lipinski definition) is 6. The number of aliphatic hydroxyl groups is 2. The summed E-state index contributed by atoms with van der Waals surface area (Å²) in [4.78, 5) is 37.4. The van der Waals surface area contributed by atoms with E-state index in [1.807, 2.05) is 0 Å². The minimum atomic E-state index is -1.00. The molecule has 0 radical (unpaired) electrons. The molecule has 0 aromatic heterocycles. The second-order valence-electron chi connectivity index (χ2n) is 13.6. The topological polar surface area (TPSA) is 154 Å². The largest absolute Gasteiger partial charge is 0.391 e. The first kappa shape index (κ1) is 39.6. The molecule has 2 aliphatic rings. The molecule has 0 heterocycles. The highest BCUT2D eigenvalue weighted by atomic mass is 35.5. The van der Waals surface area contributed by atoms with Crippen LogP contribution >= 0.6 is 12.4 Å². The average molecular weight is 631 g/mol. The van der Waals surface area contributed by atoms with Crippen molar-refractivity contribution in [2.45, 2.75) is 160 Å². The number of halogens is 1. The Labute approximate surface area is 267 Å². The van der Waals surface area contributed by atoms with Gasteiger partial charge in [0.25, 0.3) is 0 Å². The van der Waals surface area contributed by atoms with Crippen LogP contribution in [0.15, 0.2) is 0 Å². The van der Waals surface area contributed by atoms with Gasteiger partial charge in [-0.2, -0.15) is 0 Å². The second kappa shape index (κ2) is 23.0. The summed E-state index contributed by atoms with van der Waals surface area (Å²) in [5.74, 6) is 1.00. The van der Waals surface area contributed by atoms with Gasteiger partial charge in [-0.3, -0.25) is 14.4 Å². The number of unbranched alkanes of at least 4 members (excludes halogenated alkanes) is 2. The molecule has 0 aliphatic heterocycles. The molecule has 9 nitrogen and oxygen atoms in total. The lowest BCUT2D eigenvalue weighted by Crippen LogP contribution is -2.48. The third-order valence-electron chi connectivity index (χ3n) is 9.18. The van der Waals surface area contributed by atoms with E-state index < -0.39 is 24.3 Å². The lowest BCUT2D eigenvalue weighted by Gasteiger charge is -2.31. The molecule has 0 aromatic rings. The highest BCUT2D eigenvalue weighted by Crippen LogP contribution is 2.29. The first-order chi connectivity index (χ1) is 20.1. The molecule has 2 saturated carbocycles. The monoisotopic (exact) mass is 630 g/mol. The normalized spacial score (nSPS) is 19.1. The van der Waals surface area contributed by atoms with Crippen LogP contribution in [0.2, 0.25) is 0 Å². The van der Waals surface area contributed by atoms with Gasteiger partial charge in [0.05, 0.1) is 31.1 Å². The van der Waals surface area contributed by atoms with Crippen LogP contribution in [0.3, 0.4) is 0 Å². The number of amides is 3. The Hall–Kier alpha value is -1.42. The van der Waals surface area contributed by atoms with Crippen molar-refractivity contribution in [1.82, 2.24) is 16.0 Å². The Morgan fingerprint density at radius 2 is 1.28 bits per heavy atom. The first-order valence-electron chi connectivity index (χ1n) is 17.1. The van der Waals surface area contributed by atoms with E-state index in [0.29, 0.717) is 43.7 Å². The molecule has 0 unspecified atom stereocenters. The fraction of sp³-hybridized carbons (Fsp3) is 0.909. The van der Waals surface area contributed by atoms with Gasteiger partial charge in [0, 0.05) is 25.6 Å². The van der Waals surface area contributed by atoms with E-state index in [1.165, 1.54) is 25.7 Å². The second-order valence-corrected chi connectivity index (χ2v) is 13.6. The van der Waals surface area contributed by atoms with Crippen molar-refractivity contribution < 1.29 is 24.6 Å². The minimum absolute atomic E-state index is 0. The molecule has 2 rings (SSSR count). The number of carbonyl (C=O) groups is 3. The zero-order chi connectivity index (χ0) is 30.7. The molecule has 0 spiro atoms. The maximum absolute atomic E-state index is 12.9. The highest BCUT2D eigenvalue weighted by Gasteiger charge is 2.29. The smallest absolute Gasteiger partial charge is 0.222 e. The van der Waals surface area contributed by atoms with Gasteiger partial charge in [0.2, 0.25) is 17.7 Å². The predicted molar refractivity (Wildman–Crippen MR) is 175 cm³/mol. The standard InChI is InChI=1S/C33H62N4O5.ClH/c1-24(2)17-19-36-31(40)16-10-5-11-18-35-32(41)23-30(39)28(21-26-14-8-4-9-15-26)37-33(42)22-29(38)27(34)20-25-12-6-3-7-13-25;/h24-30,38-39H,3-23,34H2,1-2H3,(H,35,41)(H,36,40)(H,37,42);1H/t27-,28-,29-,30-;/m0./s1. The van der Waals surface area contributed by atoms with Crippen molar-refractivity contribution in [1.29, 1.82) is 0 Å². The van der Waals surface area contributed by atoms with Crippen molar-refractivity contribution >= 4 is 30.1 Å². The Morgan fingerprint density at radius 3 is 1.88 bits per heavy atom. The molecular formula is C33H63ClN4O5. The zero-order valence-electron chi connectivity index (χ0n) is 27.0. The SMILES string of the molecule is CC(C)CCNC(=O)CCCCCNC(=O)C[C@H](O)[C@H](CC1CCCCC1)NC(=O)C[C@H](O)[C@@H](N)CC1CCCCC1.Cl. The van der Waals surface area contributed by atoms with Gasteiger partial charge in [-0.25, -0.2) is 0 Å². The summed E-state index contributed by atoms with van der Waals surface area (Å²) in [6.45, 7) is 5.47. The minimum Gasteiger partial charge on any atom is -0.391 e. The van der Waals surface area contributed by atoms with Crippen molar-refractivity contribution in [2.24, 2.45) is 23.5 Å². The summed E-state index contributed by atoms with van der Waals surface area (Å²) in [7, 11) is 0. The predicted octanol–water partition coefficient (Wildman–Crippen LogP) is 4.50. The number of nitrogens with two attached hydrogens (primary N) is 1. The van der Waals surface area contributed by atoms with Gasteiger partial charge in [0.15, 0.2) is 0 Å². The molecule has 4 atom stereocenters. The van der Waals surface area contributed by atoms with Gasteiger partial charge in [-0.15, -0.1) is 12.4 Å². The molecule has 0 aromatic carbocycles. The summed E-state index contributed by atoms with van der Waals surface area (Å²) in [5, 5.41) is 30.4. The molecule has 43 heavy (non-hydrogen) atoms. The Balaban J connectivity index is 0.00000924. The average Bonchev–Trinajstić information content (AvgIpc) is 2.95. The van der Waals surface area contributed by atoms with E-state index in [9.17, 15) is 24.6 Å². The van der Waals surface area contributed by atoms with Gasteiger partial charge in [0.1, 0.15) is 0 Å². The number of aliphatic hydroxyl groups excluding tert-OH is 2. The molecule has 2 aliphatic carbocycles. The van der Waals surface area contributed by atoms with Crippen LogP contribution in [0.25, 0.3) is 0 Å². The Bertz CT molecular complexity index is 774. The van der Waals surface area contributed by atoms with Crippen molar-refractivity contribution in [3.05, 3.63) is 0 Å². The molecule has 10 heteroatoms. The van der Waals surface area contributed by atoms with Crippen LogP contribution in [0.5, 0.6) is 0 Å². The van der Waals surface area contributed by atoms with Crippen LogP contribution in [-0.2, 0) is 14.4 Å². The molecular weight excluding hydrogens is 568 g/mol. The van der Waals surface area contributed by atoms with Crippen molar-refractivity contribution in [3.8, 4) is 0 Å². The Kier molecular flexibility index (Phi) is 21.2. The molecule has 0 saturated heterocycles. The van der Waals surface area contributed by atoms with E-state index in [1.54, 1.807) is 0 Å². The number of carbonyl (C=O) groups excluding carboxylic acids is 3. The third kappa shape index (κ3) is 18.2. The highest BCUT2D eigenvalue weighted by molar-refractivity contribution is 5.85. The van der Waals surface area contributed by atoms with Crippen LogP contribution in [0.1, 0.15) is 136 Å². The number of rotatable bonds is 20. The molecule has 0 bridgehead atoms. The van der Waals surface area contributed by atoms with Gasteiger partial charge >= 0.3 is 0 Å². The van der Waals surface area contributed by atoms with E-state index in [2.05, 4.69) is 29.8 Å². The van der Waals surface area contributed by atoms with E-state index in [4.69, 9.17) is 5.73 Å². The van der Waals surface area contributed by atoms with Crippen LogP contribution in [0, 0.1) is 17.8 Å². The quantitative estimate of drug-likeness (QED) is 0.109. The van der Waals surface area contributed by atoms with Crippen LogP contribution in [0.4, 0.5) is 0 Å². The van der Waals surface area contributed by atoms with E-state index >= 15 is 0 Å². The van der Waals surface area contributed by atoms with Crippen molar-refractivity contribution in [3.63, 3.8) is 0 Å². The maximum atomic E-state index is 12.9. The molecule has 2 fully saturated rings.